The van der Waals surface area contributed by atoms with Gasteiger partial charge in [-0.05, 0) is 19.8 Å². The molecule has 1 aromatic heterocycles. The minimum Gasteiger partial charge on any atom is -0.382 e. The highest BCUT2D eigenvalue weighted by Gasteiger charge is 2.21. The molecule has 1 heterocycles. The topological polar surface area (TPSA) is 75.6 Å². The molecule has 1 aliphatic rings. The molecule has 1 aliphatic carbocycles. The first-order valence-electron chi connectivity index (χ1n) is 5.26. The van der Waals surface area contributed by atoms with E-state index < -0.39 is 0 Å². The zero-order valence-corrected chi connectivity index (χ0v) is 8.82. The Morgan fingerprint density at radius 2 is 2.00 bits per heavy atom. The highest BCUT2D eigenvalue weighted by molar-refractivity contribution is 5.50. The second-order valence-electron chi connectivity index (χ2n) is 4.02. The highest BCUT2D eigenvalue weighted by Crippen LogP contribution is 2.32. The number of nitrogens with zero attached hydrogens (tertiary/aromatic N) is 3. The van der Waals surface area contributed by atoms with Crippen molar-refractivity contribution in [2.24, 2.45) is 0 Å². The van der Waals surface area contributed by atoms with Gasteiger partial charge in [0.1, 0.15) is 23.3 Å². The molecule has 0 aromatic carbocycles. The summed E-state index contributed by atoms with van der Waals surface area (Å²) in [6.45, 7) is 1.81. The Labute approximate surface area is 89.2 Å². The molecule has 0 atom stereocenters. The molecule has 1 fully saturated rings. The molecule has 1 aromatic rings. The lowest BCUT2D eigenvalue weighted by Crippen LogP contribution is -2.08. The molecule has 4 nitrogen and oxygen atoms in total. The van der Waals surface area contributed by atoms with Crippen LogP contribution >= 0.6 is 0 Å². The predicted molar refractivity (Wildman–Crippen MR) is 57.1 cm³/mol. The van der Waals surface area contributed by atoms with Gasteiger partial charge in [0.15, 0.2) is 0 Å². The van der Waals surface area contributed by atoms with Crippen molar-refractivity contribution in [3.8, 4) is 6.07 Å². The highest BCUT2D eigenvalue weighted by atomic mass is 15.0. The Morgan fingerprint density at radius 3 is 2.53 bits per heavy atom. The van der Waals surface area contributed by atoms with E-state index in [-0.39, 0.29) is 0 Å². The summed E-state index contributed by atoms with van der Waals surface area (Å²) in [5.41, 5.74) is 6.84. The molecule has 4 heteroatoms. The summed E-state index contributed by atoms with van der Waals surface area (Å²) in [7, 11) is 0. The van der Waals surface area contributed by atoms with Gasteiger partial charge in [-0.1, -0.05) is 12.8 Å². The zero-order valence-electron chi connectivity index (χ0n) is 8.82. The van der Waals surface area contributed by atoms with Crippen LogP contribution in [0, 0.1) is 18.3 Å². The number of hydrogen-bond acceptors (Lipinski definition) is 4. The van der Waals surface area contributed by atoms with E-state index in [1.54, 1.807) is 0 Å². The first-order chi connectivity index (χ1) is 7.22. The van der Waals surface area contributed by atoms with Crippen LogP contribution in [0.2, 0.25) is 0 Å². The maximum atomic E-state index is 8.85. The van der Waals surface area contributed by atoms with Crippen molar-refractivity contribution in [2.45, 2.75) is 38.5 Å². The summed E-state index contributed by atoms with van der Waals surface area (Å²) >= 11 is 0. The Bertz CT molecular complexity index is 390. The first-order valence-corrected chi connectivity index (χ1v) is 5.26. The van der Waals surface area contributed by atoms with Crippen LogP contribution in [0.3, 0.4) is 0 Å². The van der Waals surface area contributed by atoms with Gasteiger partial charge in [-0.15, -0.1) is 0 Å². The van der Waals surface area contributed by atoms with Gasteiger partial charge in [0.2, 0.25) is 0 Å². The third-order valence-electron chi connectivity index (χ3n) is 2.97. The maximum Gasteiger partial charge on any atom is 0.145 e. The number of aryl methyl sites for hydroxylation is 1. The van der Waals surface area contributed by atoms with E-state index >= 15 is 0 Å². The van der Waals surface area contributed by atoms with Gasteiger partial charge in [-0.25, -0.2) is 9.97 Å². The van der Waals surface area contributed by atoms with E-state index in [2.05, 4.69) is 9.97 Å². The van der Waals surface area contributed by atoms with Crippen molar-refractivity contribution in [1.82, 2.24) is 9.97 Å². The van der Waals surface area contributed by atoms with Gasteiger partial charge in [-0.2, -0.15) is 5.26 Å². The molecule has 0 bridgehead atoms. The molecular weight excluding hydrogens is 188 g/mol. The summed E-state index contributed by atoms with van der Waals surface area (Å²) in [6.07, 6.45) is 4.77. The van der Waals surface area contributed by atoms with Crippen molar-refractivity contribution in [1.29, 1.82) is 5.26 Å². The number of anilines is 1. The summed E-state index contributed by atoms with van der Waals surface area (Å²) in [5.74, 6) is 1.59. The van der Waals surface area contributed by atoms with Crippen molar-refractivity contribution in [2.75, 3.05) is 5.73 Å². The van der Waals surface area contributed by atoms with Gasteiger partial charge in [0.25, 0.3) is 0 Å². The van der Waals surface area contributed by atoms with E-state index in [1.165, 1.54) is 12.8 Å². The Kier molecular flexibility index (Phi) is 2.55. The SMILES string of the molecule is Cc1nc(C2CCCC2)nc(N)c1C#N. The van der Waals surface area contributed by atoms with Crippen molar-refractivity contribution < 1.29 is 0 Å². The first kappa shape index (κ1) is 9.91. The van der Waals surface area contributed by atoms with Crippen LogP contribution in [0.5, 0.6) is 0 Å². The summed E-state index contributed by atoms with van der Waals surface area (Å²) < 4.78 is 0. The Hall–Kier alpha value is -1.63. The quantitative estimate of drug-likeness (QED) is 0.754. The third-order valence-corrected chi connectivity index (χ3v) is 2.97. The van der Waals surface area contributed by atoms with Gasteiger partial charge in [-0.3, -0.25) is 0 Å². The Balaban J connectivity index is 2.39. The number of nitrogens with two attached hydrogens (primary N) is 1. The number of rotatable bonds is 1. The fraction of sp³-hybridized carbons (Fsp3) is 0.545. The van der Waals surface area contributed by atoms with E-state index in [4.69, 9.17) is 11.0 Å². The molecule has 0 radical (unpaired) electrons. The largest absolute Gasteiger partial charge is 0.382 e. The van der Waals surface area contributed by atoms with E-state index in [0.29, 0.717) is 23.0 Å². The van der Waals surface area contributed by atoms with Crippen molar-refractivity contribution in [3.05, 3.63) is 17.1 Å². The Morgan fingerprint density at radius 1 is 1.33 bits per heavy atom. The van der Waals surface area contributed by atoms with E-state index in [1.807, 2.05) is 13.0 Å². The summed E-state index contributed by atoms with van der Waals surface area (Å²) in [4.78, 5) is 8.60. The number of hydrogen-bond donors (Lipinski definition) is 1. The van der Waals surface area contributed by atoms with Crippen LogP contribution in [-0.2, 0) is 0 Å². The number of nitriles is 1. The molecule has 1 saturated carbocycles. The van der Waals surface area contributed by atoms with Gasteiger partial charge in [0, 0.05) is 5.92 Å². The molecule has 0 aliphatic heterocycles. The number of nitrogen functional groups attached to an aromatic ring is 1. The van der Waals surface area contributed by atoms with Crippen LogP contribution in [0.15, 0.2) is 0 Å². The van der Waals surface area contributed by atoms with Crippen molar-refractivity contribution in [3.63, 3.8) is 0 Å². The smallest absolute Gasteiger partial charge is 0.145 e. The summed E-state index contributed by atoms with van der Waals surface area (Å²) in [5, 5.41) is 8.85. The van der Waals surface area contributed by atoms with Crippen LogP contribution in [-0.4, -0.2) is 9.97 Å². The summed E-state index contributed by atoms with van der Waals surface area (Å²) in [6, 6.07) is 2.03. The monoisotopic (exact) mass is 202 g/mol. The molecule has 0 saturated heterocycles. The van der Waals surface area contributed by atoms with E-state index in [0.717, 1.165) is 18.7 Å². The number of aromatic nitrogens is 2. The second kappa shape index (κ2) is 3.85. The lowest BCUT2D eigenvalue weighted by Gasteiger charge is -2.10. The standard InChI is InChI=1S/C11H14N4/c1-7-9(6-12)10(13)15-11(14-7)8-4-2-3-5-8/h8H,2-5H2,1H3,(H2,13,14,15). The van der Waals surface area contributed by atoms with Crippen LogP contribution in [0.1, 0.15) is 48.7 Å². The average molecular weight is 202 g/mol. The van der Waals surface area contributed by atoms with Gasteiger partial charge >= 0.3 is 0 Å². The molecule has 78 valence electrons. The second-order valence-corrected chi connectivity index (χ2v) is 4.02. The van der Waals surface area contributed by atoms with Crippen LogP contribution in [0.25, 0.3) is 0 Å². The van der Waals surface area contributed by atoms with Gasteiger partial charge < -0.3 is 5.73 Å². The lowest BCUT2D eigenvalue weighted by atomic mass is 10.1. The van der Waals surface area contributed by atoms with Crippen LogP contribution in [0.4, 0.5) is 5.82 Å². The normalized spacial score (nSPS) is 16.5. The fourth-order valence-corrected chi connectivity index (χ4v) is 2.12. The van der Waals surface area contributed by atoms with Crippen LogP contribution < -0.4 is 5.73 Å². The fourth-order valence-electron chi connectivity index (χ4n) is 2.12. The minimum atomic E-state index is 0.326. The molecule has 0 spiro atoms. The minimum absolute atomic E-state index is 0.326. The molecule has 0 amide bonds. The lowest BCUT2D eigenvalue weighted by molar-refractivity contribution is 0.665. The molecule has 15 heavy (non-hydrogen) atoms. The molecule has 0 unspecified atom stereocenters. The molecule has 2 rings (SSSR count). The molecule has 2 N–H and O–H groups in total. The third kappa shape index (κ3) is 1.78. The maximum absolute atomic E-state index is 8.85. The van der Waals surface area contributed by atoms with E-state index in [9.17, 15) is 0 Å². The van der Waals surface area contributed by atoms with Gasteiger partial charge in [0.05, 0.1) is 5.69 Å². The zero-order chi connectivity index (χ0) is 10.8. The average Bonchev–Trinajstić information content (AvgIpc) is 2.69. The van der Waals surface area contributed by atoms with Crippen molar-refractivity contribution >= 4 is 5.82 Å². The molecular formula is C11H14N4. The predicted octanol–water partition coefficient (Wildman–Crippen LogP) is 1.90.